The van der Waals surface area contributed by atoms with Gasteiger partial charge in [0, 0.05) is 39.9 Å². The number of sulfonamides is 1. The molecule has 7 nitrogen and oxygen atoms in total. The summed E-state index contributed by atoms with van der Waals surface area (Å²) in [4.78, 5) is 0.211. The van der Waals surface area contributed by atoms with Gasteiger partial charge in [-0.2, -0.15) is 4.31 Å². The fourth-order valence-corrected chi connectivity index (χ4v) is 5.08. The van der Waals surface area contributed by atoms with Gasteiger partial charge in [-0.05, 0) is 59.0 Å². The third-order valence-corrected chi connectivity index (χ3v) is 7.66. The molecule has 9 heteroatoms. The summed E-state index contributed by atoms with van der Waals surface area (Å²) in [6.07, 6.45) is 0. The van der Waals surface area contributed by atoms with E-state index in [4.69, 9.17) is 18.9 Å². The van der Waals surface area contributed by atoms with Crippen molar-refractivity contribution in [2.24, 2.45) is 0 Å². The van der Waals surface area contributed by atoms with E-state index < -0.39 is 10.0 Å². The van der Waals surface area contributed by atoms with Crippen molar-refractivity contribution < 1.29 is 27.4 Å². The minimum absolute atomic E-state index is 0.0939. The summed E-state index contributed by atoms with van der Waals surface area (Å²) in [7, 11) is 2.38. The minimum Gasteiger partial charge on any atom is -0.497 e. The van der Waals surface area contributed by atoms with E-state index in [1.807, 2.05) is 0 Å². The monoisotopic (exact) mass is 583 g/mol. The molecular formula is C24H26INO6S. The molecule has 3 aromatic rings. The van der Waals surface area contributed by atoms with Gasteiger partial charge in [-0.15, -0.1) is 0 Å². The van der Waals surface area contributed by atoms with Gasteiger partial charge >= 0.3 is 0 Å². The molecule has 0 aliphatic carbocycles. The Labute approximate surface area is 208 Å². The molecule has 176 valence electrons. The maximum absolute atomic E-state index is 13.7. The van der Waals surface area contributed by atoms with Crippen LogP contribution in [0.15, 0.2) is 65.6 Å². The molecule has 0 saturated carbocycles. The normalized spacial score (nSPS) is 11.3. The molecule has 0 spiro atoms. The van der Waals surface area contributed by atoms with Crippen molar-refractivity contribution in [3.8, 4) is 23.0 Å². The second kappa shape index (κ2) is 11.1. The molecule has 0 fully saturated rings. The van der Waals surface area contributed by atoms with Gasteiger partial charge in [0.25, 0.3) is 0 Å². The van der Waals surface area contributed by atoms with Crippen molar-refractivity contribution in [3.63, 3.8) is 0 Å². The number of methoxy groups -OCH3 is 4. The zero-order valence-corrected chi connectivity index (χ0v) is 21.8. The Hall–Kier alpha value is -2.50. The lowest BCUT2D eigenvalue weighted by atomic mass is 10.1. The summed E-state index contributed by atoms with van der Waals surface area (Å²) in [6, 6.07) is 17.4. The van der Waals surface area contributed by atoms with Crippen LogP contribution >= 0.6 is 22.6 Å². The quantitative estimate of drug-likeness (QED) is 0.322. The van der Waals surface area contributed by atoms with E-state index in [0.717, 1.165) is 3.57 Å². The van der Waals surface area contributed by atoms with Gasteiger partial charge in [0.2, 0.25) is 10.0 Å². The summed E-state index contributed by atoms with van der Waals surface area (Å²) < 4.78 is 51.3. The van der Waals surface area contributed by atoms with Gasteiger partial charge in [-0.3, -0.25) is 0 Å². The van der Waals surface area contributed by atoms with Gasteiger partial charge in [-0.25, -0.2) is 8.42 Å². The van der Waals surface area contributed by atoms with Crippen LogP contribution in [0.2, 0.25) is 0 Å². The number of hydrogen-bond acceptors (Lipinski definition) is 6. The molecule has 33 heavy (non-hydrogen) atoms. The maximum Gasteiger partial charge on any atom is 0.243 e. The highest BCUT2D eigenvalue weighted by Crippen LogP contribution is 2.31. The number of halogens is 1. The van der Waals surface area contributed by atoms with E-state index in [1.54, 1.807) is 89.1 Å². The number of rotatable bonds is 10. The highest BCUT2D eigenvalue weighted by molar-refractivity contribution is 14.1. The molecule has 0 heterocycles. The topological polar surface area (TPSA) is 74.3 Å². The molecular weight excluding hydrogens is 557 g/mol. The molecule has 0 amide bonds. The fraction of sp³-hybridized carbons (Fsp3) is 0.250. The van der Waals surface area contributed by atoms with E-state index in [1.165, 1.54) is 4.31 Å². The average Bonchev–Trinajstić information content (AvgIpc) is 2.84. The predicted octanol–water partition coefficient (Wildman–Crippen LogP) is 4.72. The Morgan fingerprint density at radius 1 is 0.697 bits per heavy atom. The largest absolute Gasteiger partial charge is 0.497 e. The standard InChI is InChI=1S/C24H26INO6S/c1-29-20-9-5-17(23(13-20)31-3)15-26(33(27,28)22-11-7-19(25)8-12-22)16-18-6-10-21(30-2)14-24(18)32-4/h5-14H,15-16H2,1-4H3. The zero-order chi connectivity index (χ0) is 24.0. The average molecular weight is 583 g/mol. The molecule has 0 bridgehead atoms. The van der Waals surface area contributed by atoms with Gasteiger partial charge in [-0.1, -0.05) is 12.1 Å². The van der Waals surface area contributed by atoms with Crippen LogP contribution in [-0.2, 0) is 23.1 Å². The first-order valence-corrected chi connectivity index (χ1v) is 12.5. The second-order valence-electron chi connectivity index (χ2n) is 7.08. The van der Waals surface area contributed by atoms with Crippen LogP contribution in [0.3, 0.4) is 0 Å². The van der Waals surface area contributed by atoms with Crippen molar-refractivity contribution in [1.82, 2.24) is 4.31 Å². The first-order valence-electron chi connectivity index (χ1n) is 10.00. The van der Waals surface area contributed by atoms with Crippen molar-refractivity contribution in [2.75, 3.05) is 28.4 Å². The first-order chi connectivity index (χ1) is 15.8. The van der Waals surface area contributed by atoms with Crippen LogP contribution < -0.4 is 18.9 Å². The molecule has 3 rings (SSSR count). The molecule has 0 radical (unpaired) electrons. The van der Waals surface area contributed by atoms with E-state index in [-0.39, 0.29) is 18.0 Å². The Balaban J connectivity index is 2.06. The predicted molar refractivity (Wildman–Crippen MR) is 135 cm³/mol. The molecule has 3 aromatic carbocycles. The molecule has 0 N–H and O–H groups in total. The van der Waals surface area contributed by atoms with E-state index >= 15 is 0 Å². The number of hydrogen-bond donors (Lipinski definition) is 0. The Kier molecular flexibility index (Phi) is 8.44. The summed E-state index contributed by atoms with van der Waals surface area (Å²) >= 11 is 2.15. The van der Waals surface area contributed by atoms with Gasteiger partial charge < -0.3 is 18.9 Å². The van der Waals surface area contributed by atoms with Crippen molar-refractivity contribution in [2.45, 2.75) is 18.0 Å². The number of benzene rings is 3. The van der Waals surface area contributed by atoms with E-state index in [0.29, 0.717) is 34.1 Å². The summed E-state index contributed by atoms with van der Waals surface area (Å²) in [5.41, 5.74) is 1.42. The summed E-state index contributed by atoms with van der Waals surface area (Å²) in [5, 5.41) is 0. The third kappa shape index (κ3) is 5.90. The lowest BCUT2D eigenvalue weighted by molar-refractivity contribution is 0.358. The van der Waals surface area contributed by atoms with Gasteiger partial charge in [0.15, 0.2) is 0 Å². The molecule has 0 saturated heterocycles. The first kappa shape index (κ1) is 25.1. The molecule has 0 unspecified atom stereocenters. The third-order valence-electron chi connectivity index (χ3n) is 5.13. The van der Waals surface area contributed by atoms with E-state index in [9.17, 15) is 8.42 Å². The summed E-state index contributed by atoms with van der Waals surface area (Å²) in [5.74, 6) is 2.33. The van der Waals surface area contributed by atoms with Crippen LogP contribution in [0.1, 0.15) is 11.1 Å². The van der Waals surface area contributed by atoms with Crippen molar-refractivity contribution >= 4 is 32.6 Å². The van der Waals surface area contributed by atoms with Crippen LogP contribution in [0, 0.1) is 3.57 Å². The maximum atomic E-state index is 13.7. The number of ether oxygens (including phenoxy) is 4. The molecule has 0 aliphatic rings. The van der Waals surface area contributed by atoms with Crippen LogP contribution in [0.5, 0.6) is 23.0 Å². The smallest absolute Gasteiger partial charge is 0.243 e. The number of nitrogens with zero attached hydrogens (tertiary/aromatic N) is 1. The SMILES string of the molecule is COc1ccc(CN(Cc2ccc(OC)cc2OC)S(=O)(=O)c2ccc(I)cc2)c(OC)c1. The zero-order valence-electron chi connectivity index (χ0n) is 18.9. The lowest BCUT2D eigenvalue weighted by Gasteiger charge is -2.24. The van der Waals surface area contributed by atoms with E-state index in [2.05, 4.69) is 22.6 Å². The van der Waals surface area contributed by atoms with Crippen LogP contribution in [-0.4, -0.2) is 41.2 Å². The molecule has 0 atom stereocenters. The highest BCUT2D eigenvalue weighted by Gasteiger charge is 2.27. The fourth-order valence-electron chi connectivity index (χ4n) is 3.33. The van der Waals surface area contributed by atoms with Crippen molar-refractivity contribution in [3.05, 3.63) is 75.4 Å². The van der Waals surface area contributed by atoms with Crippen LogP contribution in [0.4, 0.5) is 0 Å². The molecule has 0 aromatic heterocycles. The molecule has 0 aliphatic heterocycles. The van der Waals surface area contributed by atoms with Gasteiger partial charge in [0.1, 0.15) is 23.0 Å². The van der Waals surface area contributed by atoms with Crippen LogP contribution in [0.25, 0.3) is 0 Å². The minimum atomic E-state index is -3.84. The van der Waals surface area contributed by atoms with Crippen molar-refractivity contribution in [1.29, 1.82) is 0 Å². The Morgan fingerprint density at radius 3 is 1.55 bits per heavy atom. The highest BCUT2D eigenvalue weighted by atomic mass is 127. The van der Waals surface area contributed by atoms with Gasteiger partial charge in [0.05, 0.1) is 33.3 Å². The Bertz CT molecular complexity index is 1140. The Morgan fingerprint density at radius 2 is 1.15 bits per heavy atom. The lowest BCUT2D eigenvalue weighted by Crippen LogP contribution is -2.30. The second-order valence-corrected chi connectivity index (χ2v) is 10.3. The summed E-state index contributed by atoms with van der Waals surface area (Å²) in [6.45, 7) is 0.188.